The Labute approximate surface area is 192 Å². The van der Waals surface area contributed by atoms with Crippen molar-refractivity contribution < 1.29 is 4.79 Å². The van der Waals surface area contributed by atoms with Crippen molar-refractivity contribution in [2.24, 2.45) is 11.7 Å². The topological polar surface area (TPSA) is 113 Å². The number of aromatic nitrogens is 4. The van der Waals surface area contributed by atoms with Crippen molar-refractivity contribution in [2.45, 2.75) is 0 Å². The van der Waals surface area contributed by atoms with Gasteiger partial charge in [0.2, 0.25) is 5.91 Å². The van der Waals surface area contributed by atoms with Crippen LogP contribution in [0.5, 0.6) is 0 Å². The van der Waals surface area contributed by atoms with Crippen molar-refractivity contribution in [3.05, 3.63) is 64.5 Å². The highest BCUT2D eigenvalue weighted by molar-refractivity contribution is 6.30. The standard InChI is InChI=1S/C22H15Cl2N7O/c23-15-4-1-12(2-5-15)19-20(13-3-6-16(8-25)27-9-13)29-31-18(7-17(24)28-22(19)31)30-10-14(11-30)21(26)32/h1-7,9,14H,10-11H2,(H2,26,32). The molecule has 2 N–H and O–H groups in total. The molecule has 3 aromatic heterocycles. The number of fused-ring (bicyclic) bond motifs is 1. The summed E-state index contributed by atoms with van der Waals surface area (Å²) in [6.07, 6.45) is 1.60. The fourth-order valence-corrected chi connectivity index (χ4v) is 4.03. The smallest absolute Gasteiger partial charge is 0.224 e. The van der Waals surface area contributed by atoms with E-state index in [1.54, 1.807) is 41.0 Å². The van der Waals surface area contributed by atoms with Gasteiger partial charge < -0.3 is 10.6 Å². The number of pyridine rings is 1. The van der Waals surface area contributed by atoms with E-state index in [1.165, 1.54) is 0 Å². The van der Waals surface area contributed by atoms with Crippen molar-refractivity contribution in [1.29, 1.82) is 5.26 Å². The number of rotatable bonds is 4. The first kappa shape index (κ1) is 20.2. The minimum absolute atomic E-state index is 0.217. The first-order valence-corrected chi connectivity index (χ1v) is 10.5. The third-order valence-electron chi connectivity index (χ3n) is 5.43. The highest BCUT2D eigenvalue weighted by atomic mass is 35.5. The monoisotopic (exact) mass is 463 g/mol. The molecule has 1 aliphatic heterocycles. The summed E-state index contributed by atoms with van der Waals surface area (Å²) in [5.41, 5.74) is 9.25. The molecule has 0 bridgehead atoms. The predicted octanol–water partition coefficient (Wildman–Crippen LogP) is 3.56. The summed E-state index contributed by atoms with van der Waals surface area (Å²) >= 11 is 12.5. The van der Waals surface area contributed by atoms with E-state index in [4.69, 9.17) is 39.3 Å². The van der Waals surface area contributed by atoms with Crippen molar-refractivity contribution in [3.8, 4) is 28.5 Å². The minimum atomic E-state index is -0.329. The van der Waals surface area contributed by atoms with Crippen molar-refractivity contribution in [1.82, 2.24) is 19.6 Å². The Morgan fingerprint density at radius 1 is 1.12 bits per heavy atom. The Hall–Kier alpha value is -3.67. The second-order valence-corrected chi connectivity index (χ2v) is 8.27. The summed E-state index contributed by atoms with van der Waals surface area (Å²) in [6.45, 7) is 0.962. The van der Waals surface area contributed by atoms with Crippen LogP contribution in [0.15, 0.2) is 48.7 Å². The van der Waals surface area contributed by atoms with E-state index in [0.717, 1.165) is 16.7 Å². The number of anilines is 1. The van der Waals surface area contributed by atoms with Gasteiger partial charge in [0.05, 0.1) is 11.5 Å². The average molecular weight is 464 g/mol. The van der Waals surface area contributed by atoms with Crippen LogP contribution in [0.4, 0.5) is 5.82 Å². The van der Waals surface area contributed by atoms with E-state index >= 15 is 0 Å². The summed E-state index contributed by atoms with van der Waals surface area (Å²) in [5.74, 6) is 0.162. The van der Waals surface area contributed by atoms with Gasteiger partial charge >= 0.3 is 0 Å². The molecule has 10 heteroatoms. The second kappa shape index (κ2) is 7.79. The third-order valence-corrected chi connectivity index (χ3v) is 5.88. The Bertz CT molecular complexity index is 1390. The molecule has 1 aliphatic rings. The number of nitrogens with zero attached hydrogens (tertiary/aromatic N) is 6. The quantitative estimate of drug-likeness (QED) is 0.462. The Balaban J connectivity index is 1.73. The van der Waals surface area contributed by atoms with Gasteiger partial charge in [-0.3, -0.25) is 4.79 Å². The molecule has 0 atom stereocenters. The van der Waals surface area contributed by atoms with Gasteiger partial charge in [0.15, 0.2) is 5.65 Å². The highest BCUT2D eigenvalue weighted by Crippen LogP contribution is 2.38. The zero-order valence-corrected chi connectivity index (χ0v) is 18.0. The number of nitriles is 1. The van der Waals surface area contributed by atoms with E-state index in [2.05, 4.69) is 9.97 Å². The number of carbonyl (C=O) groups excluding carboxylic acids is 1. The number of benzene rings is 1. The van der Waals surface area contributed by atoms with Crippen LogP contribution in [0.25, 0.3) is 28.0 Å². The number of halogens is 2. The van der Waals surface area contributed by atoms with Gasteiger partial charge in [-0.2, -0.15) is 14.9 Å². The number of hydrogen-bond donors (Lipinski definition) is 1. The van der Waals surface area contributed by atoms with Crippen molar-refractivity contribution >= 4 is 40.6 Å². The maximum Gasteiger partial charge on any atom is 0.224 e. The molecule has 1 amide bonds. The van der Waals surface area contributed by atoms with E-state index in [1.807, 2.05) is 23.1 Å². The first-order chi connectivity index (χ1) is 15.4. The molecule has 0 unspecified atom stereocenters. The Morgan fingerprint density at radius 3 is 2.47 bits per heavy atom. The second-order valence-electron chi connectivity index (χ2n) is 7.45. The van der Waals surface area contributed by atoms with Crippen molar-refractivity contribution in [3.63, 3.8) is 0 Å². The minimum Gasteiger partial charge on any atom is -0.369 e. The molecule has 0 radical (unpaired) electrons. The normalized spacial score (nSPS) is 13.7. The lowest BCUT2D eigenvalue weighted by molar-refractivity contribution is -0.122. The van der Waals surface area contributed by atoms with E-state index in [0.29, 0.717) is 46.1 Å². The third kappa shape index (κ3) is 3.42. The Kier molecular flexibility index (Phi) is 4.93. The maximum atomic E-state index is 11.5. The molecule has 0 saturated carbocycles. The number of hydrogen-bond acceptors (Lipinski definition) is 6. The molecular weight excluding hydrogens is 449 g/mol. The lowest BCUT2D eigenvalue weighted by Crippen LogP contribution is -2.53. The molecule has 4 aromatic rings. The molecule has 158 valence electrons. The summed E-state index contributed by atoms with van der Waals surface area (Å²) in [4.78, 5) is 22.2. The van der Waals surface area contributed by atoms with Gasteiger partial charge in [0.1, 0.15) is 28.4 Å². The summed E-state index contributed by atoms with van der Waals surface area (Å²) in [5, 5.41) is 14.8. The maximum absolute atomic E-state index is 11.5. The van der Waals surface area contributed by atoms with Crippen molar-refractivity contribution in [2.75, 3.05) is 18.0 Å². The molecule has 1 aromatic carbocycles. The van der Waals surface area contributed by atoms with E-state index in [-0.39, 0.29) is 11.8 Å². The van der Waals surface area contributed by atoms with Crippen LogP contribution in [0.2, 0.25) is 10.2 Å². The van der Waals surface area contributed by atoms with Gasteiger partial charge in [-0.1, -0.05) is 35.3 Å². The zero-order chi connectivity index (χ0) is 22.4. The Morgan fingerprint density at radius 2 is 1.84 bits per heavy atom. The molecule has 8 nitrogen and oxygen atoms in total. The molecule has 4 heterocycles. The summed E-state index contributed by atoms with van der Waals surface area (Å²) in [6, 6.07) is 14.5. The van der Waals surface area contributed by atoms with Crippen LogP contribution < -0.4 is 10.6 Å². The van der Waals surface area contributed by atoms with Crippen LogP contribution in [0.3, 0.4) is 0 Å². The highest BCUT2D eigenvalue weighted by Gasteiger charge is 2.33. The summed E-state index contributed by atoms with van der Waals surface area (Å²) < 4.78 is 1.71. The first-order valence-electron chi connectivity index (χ1n) is 9.70. The molecular formula is C22H15Cl2N7O. The van der Waals surface area contributed by atoms with E-state index < -0.39 is 0 Å². The van der Waals surface area contributed by atoms with Crippen LogP contribution in [0, 0.1) is 17.2 Å². The van der Waals surface area contributed by atoms with E-state index in [9.17, 15) is 4.79 Å². The van der Waals surface area contributed by atoms with Gasteiger partial charge in [0, 0.05) is 35.9 Å². The van der Waals surface area contributed by atoms with Crippen LogP contribution >= 0.6 is 23.2 Å². The molecule has 0 aliphatic carbocycles. The number of nitrogens with two attached hydrogens (primary N) is 1. The number of amides is 1. The average Bonchev–Trinajstić information content (AvgIpc) is 3.12. The fraction of sp³-hybridized carbons (Fsp3) is 0.136. The SMILES string of the molecule is N#Cc1ccc(-c2nn3c(N4CC(C(N)=O)C4)cc(Cl)nc3c2-c2ccc(Cl)cc2)cn1. The van der Waals surface area contributed by atoms with Crippen LogP contribution in [-0.2, 0) is 4.79 Å². The number of carbonyl (C=O) groups is 1. The van der Waals surface area contributed by atoms with Gasteiger partial charge in [-0.05, 0) is 29.8 Å². The molecule has 5 rings (SSSR count). The lowest BCUT2D eigenvalue weighted by atomic mass is 10.00. The largest absolute Gasteiger partial charge is 0.369 e. The van der Waals surface area contributed by atoms with Gasteiger partial charge in [-0.25, -0.2) is 9.97 Å². The molecule has 32 heavy (non-hydrogen) atoms. The molecule has 1 saturated heterocycles. The van der Waals surface area contributed by atoms with Gasteiger partial charge in [0.25, 0.3) is 0 Å². The summed E-state index contributed by atoms with van der Waals surface area (Å²) in [7, 11) is 0. The van der Waals surface area contributed by atoms with Crippen LogP contribution in [0.1, 0.15) is 5.69 Å². The van der Waals surface area contributed by atoms with Gasteiger partial charge in [-0.15, -0.1) is 0 Å². The fourth-order valence-electron chi connectivity index (χ4n) is 3.73. The zero-order valence-electron chi connectivity index (χ0n) is 16.5. The predicted molar refractivity (Wildman–Crippen MR) is 121 cm³/mol. The van der Waals surface area contributed by atoms with Crippen LogP contribution in [-0.4, -0.2) is 38.6 Å². The molecule has 1 fully saturated rings. The molecule has 0 spiro atoms. The lowest BCUT2D eigenvalue weighted by Gasteiger charge is -2.38. The number of primary amides is 1.